The molecule has 3 heteroatoms. The first-order valence-corrected chi connectivity index (χ1v) is 7.42. The van der Waals surface area contributed by atoms with Gasteiger partial charge >= 0.3 is 0 Å². The predicted molar refractivity (Wildman–Crippen MR) is 77.5 cm³/mol. The van der Waals surface area contributed by atoms with Crippen molar-refractivity contribution in [2.75, 3.05) is 19.3 Å². The average molecular weight is 257 g/mol. The number of nitrogens with zero attached hydrogens (tertiary/aromatic N) is 1. The van der Waals surface area contributed by atoms with E-state index in [0.717, 1.165) is 12.3 Å². The van der Waals surface area contributed by atoms with Crippen LogP contribution < -0.4 is 0 Å². The highest BCUT2D eigenvalue weighted by Crippen LogP contribution is 2.25. The monoisotopic (exact) mass is 257 g/mol. The highest BCUT2D eigenvalue weighted by Gasteiger charge is 2.18. The molecule has 2 atom stereocenters. The number of thiol groups is 1. The minimum Gasteiger partial charge on any atom is -0.299 e. The van der Waals surface area contributed by atoms with Gasteiger partial charge < -0.3 is 0 Å². The Bertz CT molecular complexity index is 282. The van der Waals surface area contributed by atoms with E-state index in [1.165, 1.54) is 4.88 Å². The zero-order valence-corrected chi connectivity index (χ0v) is 12.4. The molecule has 1 heterocycles. The third kappa shape index (κ3) is 3.79. The van der Waals surface area contributed by atoms with E-state index < -0.39 is 0 Å². The summed E-state index contributed by atoms with van der Waals surface area (Å²) in [5.41, 5.74) is 0. The maximum Gasteiger partial charge on any atom is 0.0410 e. The van der Waals surface area contributed by atoms with E-state index in [2.05, 4.69) is 62.9 Å². The Morgan fingerprint density at radius 2 is 2.06 bits per heavy atom. The zero-order valence-electron chi connectivity index (χ0n) is 10.7. The summed E-state index contributed by atoms with van der Waals surface area (Å²) < 4.78 is 0. The maximum absolute atomic E-state index is 4.45. The van der Waals surface area contributed by atoms with E-state index in [9.17, 15) is 0 Å². The normalized spacial score (nSPS) is 15.7. The van der Waals surface area contributed by atoms with Gasteiger partial charge in [-0.3, -0.25) is 4.90 Å². The summed E-state index contributed by atoms with van der Waals surface area (Å²) in [5, 5.41) is 2.15. The number of hydrogen-bond donors (Lipinski definition) is 1. The van der Waals surface area contributed by atoms with Crippen LogP contribution in [0.4, 0.5) is 0 Å². The van der Waals surface area contributed by atoms with Crippen LogP contribution in [0, 0.1) is 11.8 Å². The van der Waals surface area contributed by atoms with E-state index in [4.69, 9.17) is 0 Å². The molecule has 16 heavy (non-hydrogen) atoms. The molecule has 0 aliphatic carbocycles. The molecule has 0 aromatic carbocycles. The fourth-order valence-electron chi connectivity index (χ4n) is 1.75. The van der Waals surface area contributed by atoms with E-state index in [0.29, 0.717) is 17.9 Å². The van der Waals surface area contributed by atoms with Crippen LogP contribution in [0.2, 0.25) is 0 Å². The Balaban J connectivity index is 2.54. The minimum atomic E-state index is 0.515. The number of hydrogen-bond acceptors (Lipinski definition) is 3. The van der Waals surface area contributed by atoms with Crippen molar-refractivity contribution in [2.45, 2.75) is 26.8 Å². The molecule has 2 unspecified atom stereocenters. The van der Waals surface area contributed by atoms with Gasteiger partial charge in [-0.05, 0) is 43.0 Å². The summed E-state index contributed by atoms with van der Waals surface area (Å²) >= 11 is 6.29. The molecule has 1 nitrogen and oxygen atoms in total. The molecule has 92 valence electrons. The number of rotatable bonds is 6. The van der Waals surface area contributed by atoms with E-state index in [1.54, 1.807) is 0 Å². The lowest BCUT2D eigenvalue weighted by atomic mass is 9.97. The molecule has 1 aromatic rings. The Kier molecular flexibility index (Phi) is 5.87. The van der Waals surface area contributed by atoms with Crippen LogP contribution in [0.25, 0.3) is 0 Å². The molecule has 0 saturated heterocycles. The second-order valence-electron chi connectivity index (χ2n) is 4.82. The quantitative estimate of drug-likeness (QED) is 0.755. The lowest BCUT2D eigenvalue weighted by molar-refractivity contribution is 0.207. The minimum absolute atomic E-state index is 0.515. The van der Waals surface area contributed by atoms with Gasteiger partial charge in [0.1, 0.15) is 0 Å². The molecular formula is C13H23NS2. The van der Waals surface area contributed by atoms with Crippen LogP contribution in [0.5, 0.6) is 0 Å². The van der Waals surface area contributed by atoms with Crippen molar-refractivity contribution in [2.24, 2.45) is 11.8 Å². The van der Waals surface area contributed by atoms with Crippen molar-refractivity contribution in [3.8, 4) is 0 Å². The second kappa shape index (κ2) is 6.67. The Labute approximate surface area is 109 Å². The molecule has 0 amide bonds. The van der Waals surface area contributed by atoms with Crippen molar-refractivity contribution < 1.29 is 0 Å². The van der Waals surface area contributed by atoms with Gasteiger partial charge in [0.05, 0.1) is 0 Å². The molecule has 0 bridgehead atoms. The molecule has 0 aliphatic rings. The van der Waals surface area contributed by atoms with Crippen LogP contribution in [-0.2, 0) is 0 Å². The van der Waals surface area contributed by atoms with Crippen molar-refractivity contribution in [1.29, 1.82) is 0 Å². The summed E-state index contributed by atoms with van der Waals surface area (Å²) in [7, 11) is 2.21. The second-order valence-corrected chi connectivity index (χ2v) is 6.16. The molecule has 0 aliphatic heterocycles. The standard InChI is InChI=1S/C13H23NS2/c1-10(2)12(9-15)8-14(4)11(3)13-6-5-7-16-13/h5-7,10-12,15H,8-9H2,1-4H3. The molecule has 0 fully saturated rings. The van der Waals surface area contributed by atoms with Crippen molar-refractivity contribution >= 4 is 24.0 Å². The number of thiophene rings is 1. The van der Waals surface area contributed by atoms with Crippen molar-refractivity contribution in [1.82, 2.24) is 4.90 Å². The van der Waals surface area contributed by atoms with Gasteiger partial charge in [-0.2, -0.15) is 12.6 Å². The van der Waals surface area contributed by atoms with Gasteiger partial charge in [0.2, 0.25) is 0 Å². The Hall–Kier alpha value is 0.01000. The Morgan fingerprint density at radius 1 is 1.38 bits per heavy atom. The third-order valence-electron chi connectivity index (χ3n) is 3.32. The van der Waals surface area contributed by atoms with Crippen LogP contribution in [0.15, 0.2) is 17.5 Å². The SMILES string of the molecule is CC(C)C(CS)CN(C)C(C)c1cccs1. The molecule has 0 saturated carbocycles. The van der Waals surface area contributed by atoms with Crippen molar-refractivity contribution in [3.63, 3.8) is 0 Å². The van der Waals surface area contributed by atoms with Crippen LogP contribution >= 0.6 is 24.0 Å². The van der Waals surface area contributed by atoms with Gasteiger partial charge in [0.15, 0.2) is 0 Å². The molecule has 1 aromatic heterocycles. The summed E-state index contributed by atoms with van der Waals surface area (Å²) in [5.74, 6) is 2.35. The molecular weight excluding hydrogens is 234 g/mol. The predicted octanol–water partition coefficient (Wildman–Crippen LogP) is 3.94. The Morgan fingerprint density at radius 3 is 2.50 bits per heavy atom. The zero-order chi connectivity index (χ0) is 12.1. The van der Waals surface area contributed by atoms with Crippen LogP contribution in [0.3, 0.4) is 0 Å². The van der Waals surface area contributed by atoms with Crippen LogP contribution in [0.1, 0.15) is 31.7 Å². The highest BCUT2D eigenvalue weighted by molar-refractivity contribution is 7.80. The van der Waals surface area contributed by atoms with E-state index in [-0.39, 0.29) is 0 Å². The topological polar surface area (TPSA) is 3.24 Å². The summed E-state index contributed by atoms with van der Waals surface area (Å²) in [6.07, 6.45) is 0. The van der Waals surface area contributed by atoms with Gasteiger partial charge in [-0.1, -0.05) is 19.9 Å². The largest absolute Gasteiger partial charge is 0.299 e. The third-order valence-corrected chi connectivity index (χ3v) is 4.83. The van der Waals surface area contributed by atoms with Crippen LogP contribution in [-0.4, -0.2) is 24.2 Å². The summed E-state index contributed by atoms with van der Waals surface area (Å²) in [4.78, 5) is 3.89. The molecule has 0 radical (unpaired) electrons. The molecule has 1 rings (SSSR count). The van der Waals surface area contributed by atoms with E-state index in [1.807, 2.05) is 11.3 Å². The van der Waals surface area contributed by atoms with Gasteiger partial charge in [0, 0.05) is 17.5 Å². The summed E-state index contributed by atoms with van der Waals surface area (Å²) in [6.45, 7) is 7.97. The fourth-order valence-corrected chi connectivity index (χ4v) is 3.14. The average Bonchev–Trinajstić information content (AvgIpc) is 2.77. The van der Waals surface area contributed by atoms with Gasteiger partial charge in [0.25, 0.3) is 0 Å². The fraction of sp³-hybridized carbons (Fsp3) is 0.692. The summed E-state index contributed by atoms with van der Waals surface area (Å²) in [6, 6.07) is 4.86. The lowest BCUT2D eigenvalue weighted by Crippen LogP contribution is -2.31. The first-order chi connectivity index (χ1) is 7.56. The lowest BCUT2D eigenvalue weighted by Gasteiger charge is -2.29. The smallest absolute Gasteiger partial charge is 0.0410 e. The van der Waals surface area contributed by atoms with Gasteiger partial charge in [-0.25, -0.2) is 0 Å². The first kappa shape index (κ1) is 14.1. The van der Waals surface area contributed by atoms with Gasteiger partial charge in [-0.15, -0.1) is 11.3 Å². The van der Waals surface area contributed by atoms with Crippen molar-refractivity contribution in [3.05, 3.63) is 22.4 Å². The molecule has 0 spiro atoms. The maximum atomic E-state index is 4.45. The van der Waals surface area contributed by atoms with E-state index >= 15 is 0 Å². The highest BCUT2D eigenvalue weighted by atomic mass is 32.1. The molecule has 0 N–H and O–H groups in total. The first-order valence-electron chi connectivity index (χ1n) is 5.90.